The Balaban J connectivity index is 1.71. The van der Waals surface area contributed by atoms with Gasteiger partial charge in [-0.05, 0) is 55.2 Å². The molecule has 1 heterocycles. The Morgan fingerprint density at radius 3 is 2.53 bits per heavy atom. The summed E-state index contributed by atoms with van der Waals surface area (Å²) in [6, 6.07) is 10.9. The summed E-state index contributed by atoms with van der Waals surface area (Å²) in [5.74, 6) is -3.36. The molecule has 4 rings (SSSR count). The van der Waals surface area contributed by atoms with Gasteiger partial charge in [0.2, 0.25) is 5.92 Å². The number of alkyl halides is 2. The van der Waals surface area contributed by atoms with Crippen LogP contribution in [0.3, 0.4) is 0 Å². The molecule has 1 fully saturated rings. The molecular weight excluding hydrogens is 483 g/mol. The first-order valence-electron chi connectivity index (χ1n) is 11.1. The van der Waals surface area contributed by atoms with Crippen LogP contribution >= 0.6 is 23.2 Å². The van der Waals surface area contributed by atoms with Crippen molar-refractivity contribution in [3.05, 3.63) is 76.0 Å². The average Bonchev–Trinajstić information content (AvgIpc) is 3.29. The molecule has 180 valence electrons. The van der Waals surface area contributed by atoms with Crippen molar-refractivity contribution in [2.24, 2.45) is 0 Å². The van der Waals surface area contributed by atoms with Crippen molar-refractivity contribution in [1.82, 2.24) is 15.1 Å². The molecule has 1 aliphatic rings. The fraction of sp³-hybridized carbons (Fsp3) is 0.360. The van der Waals surface area contributed by atoms with Crippen LogP contribution < -0.4 is 5.32 Å². The lowest BCUT2D eigenvalue weighted by molar-refractivity contribution is -0.116. The largest absolute Gasteiger partial charge is 0.387 e. The Morgan fingerprint density at radius 2 is 1.88 bits per heavy atom. The van der Waals surface area contributed by atoms with E-state index in [2.05, 4.69) is 10.4 Å². The SMILES string of the molecule is CCn1cc(-c2cccc(C(NC(=O)c3ccc(Cl)cc3Cl)C3(O)CCC(F)(F)CC3)c2)cn1. The third-order valence-electron chi connectivity index (χ3n) is 6.35. The zero-order valence-corrected chi connectivity index (χ0v) is 20.1. The van der Waals surface area contributed by atoms with Gasteiger partial charge in [-0.25, -0.2) is 8.78 Å². The molecule has 1 aromatic heterocycles. The number of carbonyl (C=O) groups excluding carboxylic acids is 1. The van der Waals surface area contributed by atoms with Gasteiger partial charge >= 0.3 is 0 Å². The molecule has 0 bridgehead atoms. The van der Waals surface area contributed by atoms with Crippen molar-refractivity contribution in [1.29, 1.82) is 0 Å². The van der Waals surface area contributed by atoms with Crippen LogP contribution in [-0.4, -0.2) is 32.3 Å². The van der Waals surface area contributed by atoms with Gasteiger partial charge in [-0.3, -0.25) is 9.48 Å². The van der Waals surface area contributed by atoms with E-state index in [0.29, 0.717) is 17.1 Å². The predicted octanol–water partition coefficient (Wildman–Crippen LogP) is 6.29. The summed E-state index contributed by atoms with van der Waals surface area (Å²) in [6.45, 7) is 2.70. The van der Waals surface area contributed by atoms with Crippen molar-refractivity contribution in [2.45, 2.75) is 56.7 Å². The molecule has 34 heavy (non-hydrogen) atoms. The number of nitrogens with one attached hydrogen (secondary N) is 1. The zero-order valence-electron chi connectivity index (χ0n) is 18.6. The molecule has 2 aromatic carbocycles. The molecular formula is C25H25Cl2F2N3O2. The molecule has 1 amide bonds. The minimum atomic E-state index is -2.84. The number of aliphatic hydroxyl groups is 1. The van der Waals surface area contributed by atoms with Gasteiger partial charge in [0.25, 0.3) is 5.91 Å². The minimum absolute atomic E-state index is 0.155. The van der Waals surface area contributed by atoms with Gasteiger partial charge in [0.1, 0.15) is 0 Å². The van der Waals surface area contributed by atoms with Gasteiger partial charge in [-0.2, -0.15) is 5.10 Å². The number of carbonyl (C=O) groups is 1. The summed E-state index contributed by atoms with van der Waals surface area (Å²) < 4.78 is 29.6. The van der Waals surface area contributed by atoms with Crippen LogP contribution in [0, 0.1) is 0 Å². The first-order valence-corrected chi connectivity index (χ1v) is 11.8. The highest BCUT2D eigenvalue weighted by Gasteiger charge is 2.47. The lowest BCUT2D eigenvalue weighted by atomic mass is 9.75. The van der Waals surface area contributed by atoms with E-state index in [1.165, 1.54) is 12.1 Å². The van der Waals surface area contributed by atoms with Crippen molar-refractivity contribution < 1.29 is 18.7 Å². The number of amides is 1. The number of nitrogens with zero attached hydrogens (tertiary/aromatic N) is 2. The van der Waals surface area contributed by atoms with Crippen LogP contribution in [0.4, 0.5) is 8.78 Å². The standard InChI is InChI=1S/C25H25Cl2F2N3O2/c1-2-32-15-18(14-30-32)16-4-3-5-17(12-16)22(24(34)8-10-25(28,29)11-9-24)31-23(33)20-7-6-19(26)13-21(20)27/h3-7,12-15,22,34H,2,8-11H2,1H3,(H,31,33). The third-order valence-corrected chi connectivity index (χ3v) is 6.89. The molecule has 0 radical (unpaired) electrons. The third kappa shape index (κ3) is 5.27. The van der Waals surface area contributed by atoms with Crippen LogP contribution in [0.1, 0.15) is 54.6 Å². The fourth-order valence-electron chi connectivity index (χ4n) is 4.33. The highest BCUT2D eigenvalue weighted by atomic mass is 35.5. The molecule has 1 aliphatic carbocycles. The molecule has 5 nitrogen and oxygen atoms in total. The molecule has 3 aromatic rings. The number of hydrogen-bond donors (Lipinski definition) is 2. The van der Waals surface area contributed by atoms with Crippen molar-refractivity contribution in [2.75, 3.05) is 0 Å². The highest BCUT2D eigenvalue weighted by molar-refractivity contribution is 6.36. The van der Waals surface area contributed by atoms with Crippen molar-refractivity contribution in [3.8, 4) is 11.1 Å². The number of aryl methyl sites for hydroxylation is 1. The normalized spacial score (nSPS) is 17.8. The van der Waals surface area contributed by atoms with Gasteiger partial charge < -0.3 is 10.4 Å². The van der Waals surface area contributed by atoms with E-state index in [4.69, 9.17) is 23.2 Å². The van der Waals surface area contributed by atoms with Crippen LogP contribution in [0.15, 0.2) is 54.9 Å². The number of aromatic nitrogens is 2. The van der Waals surface area contributed by atoms with Crippen LogP contribution in [0.25, 0.3) is 11.1 Å². The summed E-state index contributed by atoms with van der Waals surface area (Å²) in [5.41, 5.74) is 0.944. The Hall–Kier alpha value is -2.48. The van der Waals surface area contributed by atoms with E-state index >= 15 is 0 Å². The summed E-state index contributed by atoms with van der Waals surface area (Å²) in [6.07, 6.45) is 2.41. The predicted molar refractivity (Wildman–Crippen MR) is 128 cm³/mol. The van der Waals surface area contributed by atoms with Crippen LogP contribution in [0.2, 0.25) is 10.0 Å². The van der Waals surface area contributed by atoms with Gasteiger partial charge in [0.05, 0.1) is 28.4 Å². The molecule has 2 N–H and O–H groups in total. The smallest absolute Gasteiger partial charge is 0.253 e. The number of rotatable bonds is 6. The Kier molecular flexibility index (Phi) is 6.99. The highest BCUT2D eigenvalue weighted by Crippen LogP contribution is 2.45. The monoisotopic (exact) mass is 507 g/mol. The summed E-state index contributed by atoms with van der Waals surface area (Å²) in [4.78, 5) is 13.2. The molecule has 1 saturated carbocycles. The summed E-state index contributed by atoms with van der Waals surface area (Å²) in [5, 5.41) is 19.2. The van der Waals surface area contributed by atoms with Gasteiger partial charge in [-0.1, -0.05) is 41.4 Å². The first kappa shape index (κ1) is 24.6. The van der Waals surface area contributed by atoms with E-state index in [1.807, 2.05) is 31.3 Å². The fourth-order valence-corrected chi connectivity index (χ4v) is 4.83. The van der Waals surface area contributed by atoms with E-state index in [-0.39, 0.29) is 23.4 Å². The van der Waals surface area contributed by atoms with E-state index in [9.17, 15) is 18.7 Å². The minimum Gasteiger partial charge on any atom is -0.387 e. The van der Waals surface area contributed by atoms with Crippen molar-refractivity contribution in [3.63, 3.8) is 0 Å². The zero-order chi connectivity index (χ0) is 24.5. The Morgan fingerprint density at radius 1 is 1.15 bits per heavy atom. The lowest BCUT2D eigenvalue weighted by Crippen LogP contribution is -2.50. The number of halogens is 4. The second kappa shape index (κ2) is 9.64. The van der Waals surface area contributed by atoms with E-state index in [0.717, 1.165) is 11.1 Å². The van der Waals surface area contributed by atoms with Crippen LogP contribution in [0.5, 0.6) is 0 Å². The molecule has 9 heteroatoms. The number of hydrogen-bond acceptors (Lipinski definition) is 3. The van der Waals surface area contributed by atoms with Gasteiger partial charge in [0.15, 0.2) is 0 Å². The van der Waals surface area contributed by atoms with E-state index in [1.54, 1.807) is 23.0 Å². The maximum Gasteiger partial charge on any atom is 0.253 e. The second-order valence-corrected chi connectivity index (χ2v) is 9.54. The average molecular weight is 508 g/mol. The Labute approximate surface area is 206 Å². The molecule has 0 spiro atoms. The van der Waals surface area contributed by atoms with E-state index < -0.39 is 36.3 Å². The van der Waals surface area contributed by atoms with Crippen molar-refractivity contribution >= 4 is 29.1 Å². The second-order valence-electron chi connectivity index (χ2n) is 8.70. The van der Waals surface area contributed by atoms with Gasteiger partial charge in [0, 0.05) is 36.2 Å². The summed E-state index contributed by atoms with van der Waals surface area (Å²) in [7, 11) is 0. The Bertz CT molecular complexity index is 1190. The van der Waals surface area contributed by atoms with Gasteiger partial charge in [-0.15, -0.1) is 0 Å². The summed E-state index contributed by atoms with van der Waals surface area (Å²) >= 11 is 12.2. The maximum atomic E-state index is 13.9. The lowest BCUT2D eigenvalue weighted by Gasteiger charge is -2.42. The number of benzene rings is 2. The maximum absolute atomic E-state index is 13.9. The first-order chi connectivity index (χ1) is 16.1. The van der Waals surface area contributed by atoms with Crippen LogP contribution in [-0.2, 0) is 6.54 Å². The molecule has 0 saturated heterocycles. The topological polar surface area (TPSA) is 67.2 Å². The molecule has 1 unspecified atom stereocenters. The molecule has 1 atom stereocenters. The molecule has 0 aliphatic heterocycles. The quantitative estimate of drug-likeness (QED) is 0.412.